The number of aliphatic hydroxyl groups is 2. The average molecular weight is 145 g/mol. The van der Waals surface area contributed by atoms with E-state index in [4.69, 9.17) is 33.4 Å². The van der Waals surface area contributed by atoms with Gasteiger partial charge >= 0.3 is 0 Å². The smallest absolute Gasteiger partial charge is 0.217 e. The van der Waals surface area contributed by atoms with Crippen molar-refractivity contribution in [2.75, 3.05) is 6.61 Å². The molecule has 7 heavy (non-hydrogen) atoms. The quantitative estimate of drug-likeness (QED) is 0.555. The molecule has 0 unspecified atom stereocenters. The highest BCUT2D eigenvalue weighted by molar-refractivity contribution is 6.46. The minimum atomic E-state index is -1.76. The standard InChI is InChI=1S/C3H6Cl2O2/c4-3(5,7)1-2-6/h6-7H,1-2H2. The molecule has 0 radical (unpaired) electrons. The van der Waals surface area contributed by atoms with Crippen LogP contribution < -0.4 is 0 Å². The Morgan fingerprint density at radius 1 is 1.43 bits per heavy atom. The van der Waals surface area contributed by atoms with Crippen LogP contribution in [0.4, 0.5) is 0 Å². The van der Waals surface area contributed by atoms with Crippen molar-refractivity contribution in [3.8, 4) is 0 Å². The molecule has 0 aromatic heterocycles. The van der Waals surface area contributed by atoms with Crippen molar-refractivity contribution >= 4 is 23.2 Å². The van der Waals surface area contributed by atoms with Crippen molar-refractivity contribution < 1.29 is 10.2 Å². The third-order valence-electron chi connectivity index (χ3n) is 0.413. The molecule has 0 aliphatic carbocycles. The van der Waals surface area contributed by atoms with Crippen LogP contribution in [0.2, 0.25) is 0 Å². The first kappa shape index (κ1) is 7.50. The molecule has 0 aromatic rings. The van der Waals surface area contributed by atoms with Gasteiger partial charge in [0.25, 0.3) is 0 Å². The number of aliphatic hydroxyl groups excluding tert-OH is 1. The van der Waals surface area contributed by atoms with Gasteiger partial charge in [-0.05, 0) is 0 Å². The second-order valence-electron chi connectivity index (χ2n) is 1.14. The fourth-order valence-electron chi connectivity index (χ4n) is 0.135. The van der Waals surface area contributed by atoms with Gasteiger partial charge in [0.05, 0.1) is 0 Å². The van der Waals surface area contributed by atoms with Crippen LogP contribution in [0.25, 0.3) is 0 Å². The number of hydrogen-bond acceptors (Lipinski definition) is 2. The van der Waals surface area contributed by atoms with Crippen LogP contribution in [0.15, 0.2) is 0 Å². The van der Waals surface area contributed by atoms with Gasteiger partial charge in [-0.1, -0.05) is 23.2 Å². The van der Waals surface area contributed by atoms with Crippen LogP contribution in [0.3, 0.4) is 0 Å². The van der Waals surface area contributed by atoms with Gasteiger partial charge in [0.1, 0.15) is 0 Å². The Kier molecular flexibility index (Phi) is 2.92. The lowest BCUT2D eigenvalue weighted by atomic mass is 10.5. The van der Waals surface area contributed by atoms with Crippen LogP contribution in [0.5, 0.6) is 0 Å². The SMILES string of the molecule is OCCC(O)(Cl)Cl. The summed E-state index contributed by atoms with van der Waals surface area (Å²) in [5.41, 5.74) is 0. The lowest BCUT2D eigenvalue weighted by Gasteiger charge is -2.07. The molecule has 2 nitrogen and oxygen atoms in total. The molecule has 0 aliphatic heterocycles. The fourth-order valence-corrected chi connectivity index (χ4v) is 0.304. The van der Waals surface area contributed by atoms with E-state index in [9.17, 15) is 0 Å². The molecule has 0 spiro atoms. The van der Waals surface area contributed by atoms with Crippen molar-refractivity contribution in [2.45, 2.75) is 10.9 Å². The van der Waals surface area contributed by atoms with Crippen LogP contribution >= 0.6 is 23.2 Å². The summed E-state index contributed by atoms with van der Waals surface area (Å²) in [6.07, 6.45) is -0.0177. The van der Waals surface area contributed by atoms with Crippen molar-refractivity contribution in [3.63, 3.8) is 0 Å². The third kappa shape index (κ3) is 6.50. The Morgan fingerprint density at radius 3 is 1.86 bits per heavy atom. The molecule has 44 valence electrons. The molecule has 2 N–H and O–H groups in total. The Bertz CT molecular complexity index is 49.4. The molecule has 0 fully saturated rings. The van der Waals surface area contributed by atoms with E-state index >= 15 is 0 Å². The highest BCUT2D eigenvalue weighted by Gasteiger charge is 2.16. The van der Waals surface area contributed by atoms with E-state index in [0.29, 0.717) is 0 Å². The van der Waals surface area contributed by atoms with E-state index in [1.807, 2.05) is 0 Å². The van der Waals surface area contributed by atoms with Crippen molar-refractivity contribution in [2.24, 2.45) is 0 Å². The molecule has 0 bridgehead atoms. The zero-order valence-corrected chi connectivity index (χ0v) is 5.08. The first-order valence-electron chi connectivity index (χ1n) is 1.77. The van der Waals surface area contributed by atoms with Crippen LogP contribution in [0.1, 0.15) is 6.42 Å². The summed E-state index contributed by atoms with van der Waals surface area (Å²) in [6, 6.07) is 0. The summed E-state index contributed by atoms with van der Waals surface area (Å²) in [6.45, 7) is -0.205. The molecule has 0 aromatic carbocycles. The van der Waals surface area contributed by atoms with E-state index in [1.54, 1.807) is 0 Å². The number of halogens is 2. The van der Waals surface area contributed by atoms with E-state index < -0.39 is 4.52 Å². The van der Waals surface area contributed by atoms with Crippen molar-refractivity contribution in [1.29, 1.82) is 0 Å². The first-order valence-corrected chi connectivity index (χ1v) is 2.53. The zero-order chi connectivity index (χ0) is 5.91. The summed E-state index contributed by atoms with van der Waals surface area (Å²) < 4.78 is -1.76. The molecule has 0 atom stereocenters. The molecular formula is C3H6Cl2O2. The van der Waals surface area contributed by atoms with E-state index in [0.717, 1.165) is 0 Å². The Labute approximate surface area is 51.7 Å². The summed E-state index contributed by atoms with van der Waals surface area (Å²) in [5, 5.41) is 16.5. The Balaban J connectivity index is 3.15. The van der Waals surface area contributed by atoms with Crippen LogP contribution in [-0.2, 0) is 0 Å². The lowest BCUT2D eigenvalue weighted by Crippen LogP contribution is -2.12. The first-order chi connectivity index (χ1) is 3.06. The molecule has 4 heteroatoms. The monoisotopic (exact) mass is 144 g/mol. The van der Waals surface area contributed by atoms with E-state index in [2.05, 4.69) is 0 Å². The fraction of sp³-hybridized carbons (Fsp3) is 1.00. The summed E-state index contributed by atoms with van der Waals surface area (Å²) in [7, 11) is 0. The van der Waals surface area contributed by atoms with Crippen molar-refractivity contribution in [1.82, 2.24) is 0 Å². The molecule has 0 saturated heterocycles. The maximum Gasteiger partial charge on any atom is 0.217 e. The van der Waals surface area contributed by atoms with Gasteiger partial charge in [0, 0.05) is 13.0 Å². The van der Waals surface area contributed by atoms with Gasteiger partial charge in [-0.3, -0.25) is 0 Å². The minimum Gasteiger partial charge on any atom is -0.396 e. The van der Waals surface area contributed by atoms with E-state index in [-0.39, 0.29) is 13.0 Å². The largest absolute Gasteiger partial charge is 0.396 e. The minimum absolute atomic E-state index is 0.0177. The predicted octanol–water partition coefficient (Wildman–Crippen LogP) is 0.492. The summed E-state index contributed by atoms with van der Waals surface area (Å²) >= 11 is 9.99. The highest BCUT2D eigenvalue weighted by Crippen LogP contribution is 2.19. The molecule has 0 rings (SSSR count). The molecular weight excluding hydrogens is 139 g/mol. The number of hydrogen-bond donors (Lipinski definition) is 2. The second kappa shape index (κ2) is 2.72. The number of alkyl halides is 2. The van der Waals surface area contributed by atoms with Crippen LogP contribution in [0, 0.1) is 0 Å². The summed E-state index contributed by atoms with van der Waals surface area (Å²) in [5.74, 6) is 0. The predicted molar refractivity (Wildman–Crippen MR) is 28.4 cm³/mol. The Hall–Kier alpha value is 0.500. The van der Waals surface area contributed by atoms with Gasteiger partial charge in [0.2, 0.25) is 4.52 Å². The molecule has 0 heterocycles. The molecule has 0 amide bonds. The van der Waals surface area contributed by atoms with Gasteiger partial charge in [-0.25, -0.2) is 0 Å². The van der Waals surface area contributed by atoms with Gasteiger partial charge in [0.15, 0.2) is 0 Å². The molecule has 0 aliphatic rings. The zero-order valence-electron chi connectivity index (χ0n) is 3.56. The lowest BCUT2D eigenvalue weighted by molar-refractivity contribution is 0.163. The maximum absolute atomic E-state index is 8.39. The maximum atomic E-state index is 8.39. The third-order valence-corrected chi connectivity index (χ3v) is 0.791. The normalized spacial score (nSPS) is 12.0. The highest BCUT2D eigenvalue weighted by atomic mass is 35.5. The molecule has 0 saturated carbocycles. The van der Waals surface area contributed by atoms with Crippen molar-refractivity contribution in [3.05, 3.63) is 0 Å². The van der Waals surface area contributed by atoms with Gasteiger partial charge < -0.3 is 10.2 Å². The second-order valence-corrected chi connectivity index (χ2v) is 2.58. The summed E-state index contributed by atoms with van der Waals surface area (Å²) in [4.78, 5) is 0. The Morgan fingerprint density at radius 2 is 1.86 bits per heavy atom. The van der Waals surface area contributed by atoms with Crippen LogP contribution in [-0.4, -0.2) is 21.3 Å². The topological polar surface area (TPSA) is 40.5 Å². The van der Waals surface area contributed by atoms with Gasteiger partial charge in [-0.2, -0.15) is 0 Å². The average Bonchev–Trinajstić information content (AvgIpc) is 1.30. The van der Waals surface area contributed by atoms with E-state index in [1.165, 1.54) is 0 Å². The van der Waals surface area contributed by atoms with Gasteiger partial charge in [-0.15, -0.1) is 0 Å². The number of rotatable bonds is 2.